The molecule has 16 heavy (non-hydrogen) atoms. The molecule has 2 nitrogen and oxygen atoms in total. The third-order valence-corrected chi connectivity index (χ3v) is 3.82. The molecule has 96 valence electrons. The van der Waals surface area contributed by atoms with E-state index in [4.69, 9.17) is 0 Å². The second-order valence-electron chi connectivity index (χ2n) is 5.15. The van der Waals surface area contributed by atoms with Gasteiger partial charge in [0, 0.05) is 12.1 Å². The van der Waals surface area contributed by atoms with Gasteiger partial charge in [-0.3, -0.25) is 4.90 Å². The first-order valence-corrected chi connectivity index (χ1v) is 7.27. The predicted molar refractivity (Wildman–Crippen MR) is 71.9 cm³/mol. The lowest BCUT2D eigenvalue weighted by Crippen LogP contribution is -2.51. The summed E-state index contributed by atoms with van der Waals surface area (Å²) in [7, 11) is 0. The smallest absolute Gasteiger partial charge is 0.0246 e. The number of likely N-dealkylation sites (tertiary alicyclic amines) is 1. The lowest BCUT2D eigenvalue weighted by molar-refractivity contribution is 0.117. The Hall–Kier alpha value is -0.0800. The molecule has 0 radical (unpaired) electrons. The number of nitrogens with one attached hydrogen (secondary N) is 1. The van der Waals surface area contributed by atoms with Crippen LogP contribution in [0, 0.1) is 0 Å². The number of rotatable bonds is 7. The van der Waals surface area contributed by atoms with E-state index in [0.29, 0.717) is 6.04 Å². The van der Waals surface area contributed by atoms with Crippen molar-refractivity contribution in [2.75, 3.05) is 19.6 Å². The number of unbranched alkanes of at least 4 members (excludes halogenated alkanes) is 2. The van der Waals surface area contributed by atoms with Gasteiger partial charge < -0.3 is 5.32 Å². The van der Waals surface area contributed by atoms with E-state index in [2.05, 4.69) is 31.0 Å². The molecule has 1 rings (SSSR count). The van der Waals surface area contributed by atoms with Gasteiger partial charge in [-0.05, 0) is 45.8 Å². The minimum absolute atomic E-state index is 0.659. The normalized spacial score (nSPS) is 24.6. The summed E-state index contributed by atoms with van der Waals surface area (Å²) in [5, 5.41) is 3.59. The van der Waals surface area contributed by atoms with Gasteiger partial charge in [0.05, 0.1) is 0 Å². The first kappa shape index (κ1) is 14.0. The van der Waals surface area contributed by atoms with Crippen LogP contribution in [-0.4, -0.2) is 36.6 Å². The van der Waals surface area contributed by atoms with Crippen molar-refractivity contribution in [3.05, 3.63) is 0 Å². The second-order valence-corrected chi connectivity index (χ2v) is 5.15. The molecule has 0 saturated carbocycles. The molecule has 0 aliphatic carbocycles. The Balaban J connectivity index is 2.36. The van der Waals surface area contributed by atoms with E-state index in [1.807, 2.05) is 0 Å². The van der Waals surface area contributed by atoms with E-state index in [1.165, 1.54) is 51.6 Å². The van der Waals surface area contributed by atoms with Crippen LogP contribution >= 0.6 is 0 Å². The van der Waals surface area contributed by atoms with Crippen LogP contribution in [0.25, 0.3) is 0 Å². The summed E-state index contributed by atoms with van der Waals surface area (Å²) in [5.74, 6) is 0. The van der Waals surface area contributed by atoms with Gasteiger partial charge in [-0.15, -0.1) is 0 Å². The Labute approximate surface area is 102 Å². The molecule has 1 N–H and O–H groups in total. The average Bonchev–Trinajstić information content (AvgIpc) is 2.30. The van der Waals surface area contributed by atoms with Gasteiger partial charge in [0.1, 0.15) is 0 Å². The fourth-order valence-corrected chi connectivity index (χ4v) is 2.88. The van der Waals surface area contributed by atoms with Crippen molar-refractivity contribution in [1.82, 2.24) is 10.2 Å². The highest BCUT2D eigenvalue weighted by Gasteiger charge is 2.25. The molecule has 0 amide bonds. The lowest BCUT2D eigenvalue weighted by Gasteiger charge is -2.39. The van der Waals surface area contributed by atoms with Gasteiger partial charge in [0.2, 0.25) is 0 Å². The van der Waals surface area contributed by atoms with Gasteiger partial charge in [0.15, 0.2) is 0 Å². The molecule has 1 aliphatic rings. The van der Waals surface area contributed by atoms with Gasteiger partial charge in [-0.2, -0.15) is 0 Å². The molecule has 0 aromatic carbocycles. The Kier molecular flexibility index (Phi) is 7.06. The standard InChI is InChI=1S/C14H30N2/c1-4-6-8-11-16-12-9-7-10-14(16)13(3)15-5-2/h13-15H,4-12H2,1-3H3. The quantitative estimate of drug-likeness (QED) is 0.671. The van der Waals surface area contributed by atoms with Crippen molar-refractivity contribution >= 4 is 0 Å². The summed E-state index contributed by atoms with van der Waals surface area (Å²) in [6.45, 7) is 10.6. The largest absolute Gasteiger partial charge is 0.313 e. The minimum atomic E-state index is 0.659. The highest BCUT2D eigenvalue weighted by Crippen LogP contribution is 2.20. The second kappa shape index (κ2) is 8.08. The topological polar surface area (TPSA) is 15.3 Å². The van der Waals surface area contributed by atoms with Crippen molar-refractivity contribution in [3.8, 4) is 0 Å². The first-order chi connectivity index (χ1) is 7.79. The summed E-state index contributed by atoms with van der Waals surface area (Å²) in [6.07, 6.45) is 8.32. The van der Waals surface area contributed by atoms with Crippen LogP contribution in [-0.2, 0) is 0 Å². The monoisotopic (exact) mass is 226 g/mol. The van der Waals surface area contributed by atoms with Crippen molar-refractivity contribution < 1.29 is 0 Å². The van der Waals surface area contributed by atoms with Gasteiger partial charge >= 0.3 is 0 Å². The summed E-state index contributed by atoms with van der Waals surface area (Å²) in [4.78, 5) is 2.73. The summed E-state index contributed by atoms with van der Waals surface area (Å²) in [6, 6.07) is 1.44. The molecule has 2 heteroatoms. The maximum atomic E-state index is 3.59. The molecule has 1 saturated heterocycles. The van der Waals surface area contributed by atoms with Crippen LogP contribution in [0.2, 0.25) is 0 Å². The van der Waals surface area contributed by atoms with E-state index in [-0.39, 0.29) is 0 Å². The molecule has 2 atom stereocenters. The van der Waals surface area contributed by atoms with Gasteiger partial charge in [-0.25, -0.2) is 0 Å². The average molecular weight is 226 g/mol. The number of likely N-dealkylation sites (N-methyl/N-ethyl adjacent to an activating group) is 1. The molecular formula is C14H30N2. The zero-order valence-corrected chi connectivity index (χ0v) is 11.5. The SMILES string of the molecule is CCCCCN1CCCCC1C(C)NCC. The summed E-state index contributed by atoms with van der Waals surface area (Å²) in [5.41, 5.74) is 0. The van der Waals surface area contributed by atoms with Crippen molar-refractivity contribution in [2.45, 2.75) is 71.4 Å². The predicted octanol–water partition coefficient (Wildman–Crippen LogP) is 3.03. The highest BCUT2D eigenvalue weighted by molar-refractivity contribution is 4.84. The Morgan fingerprint density at radius 2 is 2.06 bits per heavy atom. The zero-order chi connectivity index (χ0) is 11.8. The van der Waals surface area contributed by atoms with Crippen molar-refractivity contribution in [2.24, 2.45) is 0 Å². The molecule has 0 bridgehead atoms. The summed E-state index contributed by atoms with van der Waals surface area (Å²) >= 11 is 0. The molecule has 1 aliphatic heterocycles. The van der Waals surface area contributed by atoms with Crippen molar-refractivity contribution in [3.63, 3.8) is 0 Å². The number of hydrogen-bond acceptors (Lipinski definition) is 2. The van der Waals surface area contributed by atoms with Crippen molar-refractivity contribution in [1.29, 1.82) is 0 Å². The first-order valence-electron chi connectivity index (χ1n) is 7.27. The van der Waals surface area contributed by atoms with Crippen LogP contribution in [0.3, 0.4) is 0 Å². The Morgan fingerprint density at radius 1 is 1.25 bits per heavy atom. The zero-order valence-electron chi connectivity index (χ0n) is 11.5. The molecule has 1 heterocycles. The third-order valence-electron chi connectivity index (χ3n) is 3.82. The van der Waals surface area contributed by atoms with E-state index < -0.39 is 0 Å². The fraction of sp³-hybridized carbons (Fsp3) is 1.00. The molecule has 0 aromatic rings. The third kappa shape index (κ3) is 4.42. The Bertz CT molecular complexity index is 170. The van der Waals surface area contributed by atoms with E-state index in [9.17, 15) is 0 Å². The molecule has 2 unspecified atom stereocenters. The number of hydrogen-bond donors (Lipinski definition) is 1. The van der Waals surface area contributed by atoms with Crippen LogP contribution in [0.15, 0.2) is 0 Å². The maximum Gasteiger partial charge on any atom is 0.0246 e. The lowest BCUT2D eigenvalue weighted by atomic mass is 9.96. The molecule has 0 spiro atoms. The van der Waals surface area contributed by atoms with Gasteiger partial charge in [0.25, 0.3) is 0 Å². The Morgan fingerprint density at radius 3 is 2.75 bits per heavy atom. The molecular weight excluding hydrogens is 196 g/mol. The number of nitrogens with zero attached hydrogens (tertiary/aromatic N) is 1. The van der Waals surface area contributed by atoms with E-state index >= 15 is 0 Å². The van der Waals surface area contributed by atoms with Crippen LogP contribution in [0.5, 0.6) is 0 Å². The number of piperidine rings is 1. The minimum Gasteiger partial charge on any atom is -0.313 e. The van der Waals surface area contributed by atoms with Crippen LogP contribution in [0.1, 0.15) is 59.3 Å². The molecule has 0 aromatic heterocycles. The molecule has 1 fully saturated rings. The van der Waals surface area contributed by atoms with E-state index in [0.717, 1.165) is 12.6 Å². The van der Waals surface area contributed by atoms with Crippen LogP contribution < -0.4 is 5.32 Å². The van der Waals surface area contributed by atoms with Crippen LogP contribution in [0.4, 0.5) is 0 Å². The van der Waals surface area contributed by atoms with E-state index in [1.54, 1.807) is 0 Å². The summed E-state index contributed by atoms with van der Waals surface area (Å²) < 4.78 is 0. The van der Waals surface area contributed by atoms with Gasteiger partial charge in [-0.1, -0.05) is 33.1 Å². The maximum absolute atomic E-state index is 3.59. The highest BCUT2D eigenvalue weighted by atomic mass is 15.2. The fourth-order valence-electron chi connectivity index (χ4n) is 2.88.